The van der Waals surface area contributed by atoms with Gasteiger partial charge in [-0.2, -0.15) is 0 Å². The Morgan fingerprint density at radius 1 is 0.923 bits per heavy atom. The van der Waals surface area contributed by atoms with Crippen molar-refractivity contribution in [2.24, 2.45) is 0 Å². The number of hydrogen-bond acceptors (Lipinski definition) is 4. The number of hydrogen-bond donors (Lipinski definition) is 2. The van der Waals surface area contributed by atoms with Crippen molar-refractivity contribution in [3.05, 3.63) is 59.4 Å². The monoisotopic (exact) mass is 537 g/mol. The molecule has 2 N–H and O–H groups in total. The van der Waals surface area contributed by atoms with Crippen LogP contribution >= 0.6 is 0 Å². The van der Waals surface area contributed by atoms with Gasteiger partial charge in [0.15, 0.2) is 0 Å². The van der Waals surface area contributed by atoms with Crippen molar-refractivity contribution in [3.8, 4) is 0 Å². The maximum atomic E-state index is 13.6. The molecule has 8 nitrogen and oxygen atoms in total. The average molecular weight is 538 g/mol. The molecule has 1 saturated carbocycles. The van der Waals surface area contributed by atoms with Crippen LogP contribution in [0, 0.1) is 5.82 Å². The standard InChI is InChI=1S/C30H40FN5O3/c1-3-34(4-2)29(38)26-21-25(32-28(37)22-10-8-11-23(31)20-22)14-15-27(26)35-16-9-17-36(19-18-35)30(39)33-24-12-6-5-7-13-24/h8,10-11,14-15,20-21,24H,3-7,9,12-13,16-19H2,1-2H3,(H,32,37)(H,33,39). The van der Waals surface area contributed by atoms with Crippen molar-refractivity contribution >= 4 is 29.2 Å². The summed E-state index contributed by atoms with van der Waals surface area (Å²) in [4.78, 5) is 45.1. The highest BCUT2D eigenvalue weighted by Crippen LogP contribution is 2.28. The Balaban J connectivity index is 1.52. The lowest BCUT2D eigenvalue weighted by atomic mass is 9.96. The molecule has 2 aromatic rings. The normalized spacial score (nSPS) is 16.4. The van der Waals surface area contributed by atoms with E-state index in [9.17, 15) is 18.8 Å². The van der Waals surface area contributed by atoms with Crippen molar-refractivity contribution < 1.29 is 18.8 Å². The van der Waals surface area contributed by atoms with Gasteiger partial charge in [-0.25, -0.2) is 9.18 Å². The van der Waals surface area contributed by atoms with Crippen LogP contribution < -0.4 is 15.5 Å². The van der Waals surface area contributed by atoms with Crippen molar-refractivity contribution in [2.45, 2.75) is 58.4 Å². The van der Waals surface area contributed by atoms with Crippen LogP contribution in [-0.2, 0) is 0 Å². The topological polar surface area (TPSA) is 85.0 Å². The number of nitrogens with one attached hydrogen (secondary N) is 2. The summed E-state index contributed by atoms with van der Waals surface area (Å²) in [6.45, 7) is 7.53. The van der Waals surface area contributed by atoms with Crippen LogP contribution in [0.2, 0.25) is 0 Å². The first-order valence-corrected chi connectivity index (χ1v) is 14.2. The van der Waals surface area contributed by atoms with Gasteiger partial charge in [0.2, 0.25) is 0 Å². The Kier molecular flexibility index (Phi) is 9.79. The Labute approximate surface area is 230 Å². The summed E-state index contributed by atoms with van der Waals surface area (Å²) in [7, 11) is 0. The van der Waals surface area contributed by atoms with E-state index < -0.39 is 11.7 Å². The molecule has 0 spiro atoms. The number of rotatable bonds is 7. The van der Waals surface area contributed by atoms with Gasteiger partial charge in [0, 0.05) is 62.2 Å². The number of carbonyl (C=O) groups excluding carboxylic acids is 3. The zero-order valence-corrected chi connectivity index (χ0v) is 23.0. The number of amides is 4. The van der Waals surface area contributed by atoms with Crippen LogP contribution in [0.1, 0.15) is 73.1 Å². The van der Waals surface area contributed by atoms with Gasteiger partial charge in [-0.3, -0.25) is 9.59 Å². The first kappa shape index (κ1) is 28.4. The number of nitrogens with zero attached hydrogens (tertiary/aromatic N) is 3. The molecule has 0 bridgehead atoms. The summed E-state index contributed by atoms with van der Waals surface area (Å²) in [5, 5.41) is 6.02. The van der Waals surface area contributed by atoms with E-state index in [1.54, 1.807) is 23.1 Å². The van der Waals surface area contributed by atoms with Crippen LogP contribution in [0.4, 0.5) is 20.6 Å². The van der Waals surface area contributed by atoms with Crippen molar-refractivity contribution in [3.63, 3.8) is 0 Å². The summed E-state index contributed by atoms with van der Waals surface area (Å²) in [6.07, 6.45) is 6.46. The predicted molar refractivity (Wildman–Crippen MR) is 152 cm³/mol. The molecule has 0 aromatic heterocycles. The highest BCUT2D eigenvalue weighted by molar-refractivity contribution is 6.06. The molecule has 9 heteroatoms. The molecule has 0 unspecified atom stereocenters. The second-order valence-electron chi connectivity index (χ2n) is 10.3. The molecule has 210 valence electrons. The third kappa shape index (κ3) is 7.28. The molecule has 2 aromatic carbocycles. The fraction of sp³-hybridized carbons (Fsp3) is 0.500. The summed E-state index contributed by atoms with van der Waals surface area (Å²) >= 11 is 0. The molecule has 1 heterocycles. The molecule has 2 aliphatic rings. The third-order valence-corrected chi connectivity index (χ3v) is 7.68. The SMILES string of the molecule is CCN(CC)C(=O)c1cc(NC(=O)c2cccc(F)c2)ccc1N1CCCN(C(=O)NC2CCCCC2)CC1. The summed E-state index contributed by atoms with van der Waals surface area (Å²) in [5.74, 6) is -1.05. The minimum atomic E-state index is -0.488. The molecule has 0 atom stereocenters. The molecule has 1 aliphatic heterocycles. The summed E-state index contributed by atoms with van der Waals surface area (Å²) < 4.78 is 13.6. The molecule has 2 fully saturated rings. The van der Waals surface area contributed by atoms with E-state index in [0.29, 0.717) is 50.5 Å². The third-order valence-electron chi connectivity index (χ3n) is 7.68. The van der Waals surface area contributed by atoms with E-state index in [0.717, 1.165) is 24.9 Å². The number of anilines is 2. The molecule has 4 amide bonds. The quantitative estimate of drug-likeness (QED) is 0.514. The van der Waals surface area contributed by atoms with Crippen molar-refractivity contribution in [2.75, 3.05) is 49.5 Å². The maximum absolute atomic E-state index is 13.6. The molecule has 0 radical (unpaired) electrons. The van der Waals surface area contributed by atoms with E-state index in [4.69, 9.17) is 0 Å². The Hall–Kier alpha value is -3.62. The Morgan fingerprint density at radius 3 is 2.41 bits per heavy atom. The van der Waals surface area contributed by atoms with Gasteiger partial charge in [-0.05, 0) is 69.5 Å². The van der Waals surface area contributed by atoms with Crippen LogP contribution in [0.5, 0.6) is 0 Å². The largest absolute Gasteiger partial charge is 0.369 e. The van der Waals surface area contributed by atoms with Crippen molar-refractivity contribution in [1.82, 2.24) is 15.1 Å². The lowest BCUT2D eigenvalue weighted by Gasteiger charge is -2.29. The molecule has 39 heavy (non-hydrogen) atoms. The number of urea groups is 1. The number of carbonyl (C=O) groups is 3. The van der Waals surface area contributed by atoms with E-state index in [-0.39, 0.29) is 23.5 Å². The molecule has 1 aliphatic carbocycles. The van der Waals surface area contributed by atoms with Crippen molar-refractivity contribution in [1.29, 1.82) is 0 Å². The van der Waals surface area contributed by atoms with Crippen LogP contribution in [0.25, 0.3) is 0 Å². The number of halogens is 1. The van der Waals surface area contributed by atoms with Gasteiger partial charge < -0.3 is 25.3 Å². The van der Waals surface area contributed by atoms with Crippen LogP contribution in [-0.4, -0.2) is 73.0 Å². The van der Waals surface area contributed by atoms with Gasteiger partial charge in [0.05, 0.1) is 5.56 Å². The maximum Gasteiger partial charge on any atom is 0.317 e. The first-order chi connectivity index (χ1) is 18.9. The fourth-order valence-corrected chi connectivity index (χ4v) is 5.45. The highest BCUT2D eigenvalue weighted by atomic mass is 19.1. The fourth-order valence-electron chi connectivity index (χ4n) is 5.45. The Bertz CT molecular complexity index is 1160. The average Bonchev–Trinajstić information content (AvgIpc) is 3.21. The summed E-state index contributed by atoms with van der Waals surface area (Å²) in [5.41, 5.74) is 1.95. The molecule has 4 rings (SSSR count). The zero-order valence-electron chi connectivity index (χ0n) is 23.0. The number of benzene rings is 2. The second-order valence-corrected chi connectivity index (χ2v) is 10.3. The second kappa shape index (κ2) is 13.4. The van der Waals surface area contributed by atoms with E-state index in [2.05, 4.69) is 15.5 Å². The zero-order chi connectivity index (χ0) is 27.8. The van der Waals surface area contributed by atoms with Gasteiger partial charge >= 0.3 is 6.03 Å². The smallest absolute Gasteiger partial charge is 0.317 e. The first-order valence-electron chi connectivity index (χ1n) is 14.2. The molecular weight excluding hydrogens is 497 g/mol. The minimum Gasteiger partial charge on any atom is -0.369 e. The molecular formula is C30H40FN5O3. The van der Waals surface area contributed by atoms with Gasteiger partial charge in [0.1, 0.15) is 5.82 Å². The van der Waals surface area contributed by atoms with E-state index in [1.807, 2.05) is 24.8 Å². The van der Waals surface area contributed by atoms with E-state index >= 15 is 0 Å². The minimum absolute atomic E-state index is 0.00130. The lowest BCUT2D eigenvalue weighted by Crippen LogP contribution is -2.46. The Morgan fingerprint density at radius 2 is 1.69 bits per heavy atom. The van der Waals surface area contributed by atoms with E-state index in [1.165, 1.54) is 37.5 Å². The van der Waals surface area contributed by atoms with Gasteiger partial charge in [0.25, 0.3) is 11.8 Å². The van der Waals surface area contributed by atoms with Gasteiger partial charge in [-0.1, -0.05) is 25.3 Å². The van der Waals surface area contributed by atoms with Gasteiger partial charge in [-0.15, -0.1) is 0 Å². The summed E-state index contributed by atoms with van der Waals surface area (Å²) in [6, 6.07) is 11.1. The van der Waals surface area contributed by atoms with Crippen LogP contribution in [0.15, 0.2) is 42.5 Å². The molecule has 1 saturated heterocycles. The van der Waals surface area contributed by atoms with Crippen LogP contribution in [0.3, 0.4) is 0 Å². The highest BCUT2D eigenvalue weighted by Gasteiger charge is 2.26. The predicted octanol–water partition coefficient (Wildman–Crippen LogP) is 5.11. The lowest BCUT2D eigenvalue weighted by molar-refractivity contribution is 0.0773.